The predicted molar refractivity (Wildman–Crippen MR) is 64.0 cm³/mol. The number of aromatic nitrogens is 1. The maximum atomic E-state index is 11.1. The molecule has 0 spiro atoms. The highest BCUT2D eigenvalue weighted by atomic mass is 35.5. The molecule has 1 aromatic heterocycles. The first-order chi connectivity index (χ1) is 8.16. The van der Waals surface area contributed by atoms with Gasteiger partial charge in [-0.15, -0.1) is 0 Å². The zero-order valence-corrected chi connectivity index (χ0v) is 10.0. The number of rotatable bonds is 3. The minimum Gasteiger partial charge on any atom is -0.480 e. The van der Waals surface area contributed by atoms with E-state index in [1.54, 1.807) is 12.3 Å². The maximum absolute atomic E-state index is 11.1. The summed E-state index contributed by atoms with van der Waals surface area (Å²) in [6.07, 6.45) is 1.68. The number of hydrogen-bond acceptors (Lipinski definition) is 4. The molecule has 6 heteroatoms. The molecule has 1 fully saturated rings. The van der Waals surface area contributed by atoms with Gasteiger partial charge in [-0.25, -0.2) is 4.98 Å². The van der Waals surface area contributed by atoms with E-state index in [1.807, 2.05) is 11.0 Å². The smallest absolute Gasteiger partial charge is 0.322 e. The van der Waals surface area contributed by atoms with Crippen molar-refractivity contribution < 1.29 is 9.90 Å². The molecule has 1 unspecified atom stereocenters. The molecule has 17 heavy (non-hydrogen) atoms. The molecule has 0 radical (unpaired) electrons. The van der Waals surface area contributed by atoms with Gasteiger partial charge in [0.05, 0.1) is 0 Å². The first-order valence-electron chi connectivity index (χ1n) is 5.45. The summed E-state index contributed by atoms with van der Waals surface area (Å²) in [5, 5.41) is 12.6. The van der Waals surface area contributed by atoms with Crippen molar-refractivity contribution in [1.29, 1.82) is 0 Å². The lowest BCUT2D eigenvalue weighted by molar-refractivity contribution is -0.144. The first-order valence-corrected chi connectivity index (χ1v) is 5.82. The fourth-order valence-corrected chi connectivity index (χ4v) is 2.03. The van der Waals surface area contributed by atoms with E-state index in [1.165, 1.54) is 0 Å². The van der Waals surface area contributed by atoms with Gasteiger partial charge in [-0.3, -0.25) is 9.69 Å². The molecular weight excluding hydrogens is 242 g/mol. The van der Waals surface area contributed by atoms with Gasteiger partial charge in [0.1, 0.15) is 11.2 Å². The SMILES string of the molecule is O=C(O)C1CNCCN1Cc1ccc(Cl)nc1. The monoisotopic (exact) mass is 255 g/mol. The van der Waals surface area contributed by atoms with Gasteiger partial charge in [0.15, 0.2) is 0 Å². The van der Waals surface area contributed by atoms with Gasteiger partial charge in [-0.1, -0.05) is 17.7 Å². The predicted octanol–water partition coefficient (Wildman–Crippen LogP) is 0.593. The lowest BCUT2D eigenvalue weighted by Gasteiger charge is -2.33. The fourth-order valence-electron chi connectivity index (χ4n) is 1.91. The number of nitrogens with zero attached hydrogens (tertiary/aromatic N) is 2. The number of carboxylic acids is 1. The third-order valence-electron chi connectivity index (χ3n) is 2.81. The highest BCUT2D eigenvalue weighted by Gasteiger charge is 2.28. The molecule has 5 nitrogen and oxygen atoms in total. The molecular formula is C11H14ClN3O2. The number of piperazine rings is 1. The molecule has 0 bridgehead atoms. The molecule has 0 aromatic carbocycles. The van der Waals surface area contributed by atoms with Crippen molar-refractivity contribution in [2.45, 2.75) is 12.6 Å². The average molecular weight is 256 g/mol. The zero-order valence-electron chi connectivity index (χ0n) is 9.27. The van der Waals surface area contributed by atoms with Gasteiger partial charge in [0.25, 0.3) is 0 Å². The van der Waals surface area contributed by atoms with E-state index in [4.69, 9.17) is 16.7 Å². The minimum atomic E-state index is -0.792. The highest BCUT2D eigenvalue weighted by Crippen LogP contribution is 2.11. The van der Waals surface area contributed by atoms with Gasteiger partial charge in [0.2, 0.25) is 0 Å². The Morgan fingerprint density at radius 3 is 3.12 bits per heavy atom. The van der Waals surface area contributed by atoms with Crippen LogP contribution < -0.4 is 5.32 Å². The summed E-state index contributed by atoms with van der Waals surface area (Å²) < 4.78 is 0. The largest absolute Gasteiger partial charge is 0.480 e. The van der Waals surface area contributed by atoms with Crippen LogP contribution >= 0.6 is 11.6 Å². The molecule has 1 aromatic rings. The molecule has 0 saturated carbocycles. The van der Waals surface area contributed by atoms with Crippen molar-refractivity contribution in [3.8, 4) is 0 Å². The number of carbonyl (C=O) groups is 1. The summed E-state index contributed by atoms with van der Waals surface area (Å²) in [7, 11) is 0. The van der Waals surface area contributed by atoms with Gasteiger partial charge < -0.3 is 10.4 Å². The molecule has 1 aliphatic heterocycles. The first kappa shape index (κ1) is 12.3. The van der Waals surface area contributed by atoms with Crippen LogP contribution in [0.25, 0.3) is 0 Å². The van der Waals surface area contributed by atoms with Crippen molar-refractivity contribution >= 4 is 17.6 Å². The minimum absolute atomic E-state index is 0.448. The molecule has 1 saturated heterocycles. The molecule has 2 N–H and O–H groups in total. The molecule has 2 heterocycles. The second-order valence-electron chi connectivity index (χ2n) is 4.02. The lowest BCUT2D eigenvalue weighted by Crippen LogP contribution is -2.54. The standard InChI is InChI=1S/C11H14ClN3O2/c12-10-2-1-8(5-14-10)7-15-4-3-13-6-9(15)11(16)17/h1-2,5,9,13H,3-4,6-7H2,(H,16,17). The van der Waals surface area contributed by atoms with E-state index in [-0.39, 0.29) is 0 Å². The summed E-state index contributed by atoms with van der Waals surface area (Å²) in [4.78, 5) is 17.0. The van der Waals surface area contributed by atoms with Gasteiger partial charge >= 0.3 is 5.97 Å². The summed E-state index contributed by atoms with van der Waals surface area (Å²) in [5.74, 6) is -0.792. The number of carboxylic acid groups (broad SMARTS) is 1. The van der Waals surface area contributed by atoms with Crippen molar-refractivity contribution in [2.24, 2.45) is 0 Å². The van der Waals surface area contributed by atoms with Crippen molar-refractivity contribution in [3.63, 3.8) is 0 Å². The van der Waals surface area contributed by atoms with Crippen molar-refractivity contribution in [3.05, 3.63) is 29.0 Å². The Balaban J connectivity index is 2.05. The zero-order chi connectivity index (χ0) is 12.3. The molecule has 1 atom stereocenters. The van der Waals surface area contributed by atoms with Gasteiger partial charge in [-0.2, -0.15) is 0 Å². The lowest BCUT2D eigenvalue weighted by atomic mass is 10.1. The topological polar surface area (TPSA) is 65.5 Å². The second-order valence-corrected chi connectivity index (χ2v) is 4.41. The van der Waals surface area contributed by atoms with E-state index < -0.39 is 12.0 Å². The third-order valence-corrected chi connectivity index (χ3v) is 3.04. The quantitative estimate of drug-likeness (QED) is 0.774. The van der Waals surface area contributed by atoms with E-state index in [0.717, 1.165) is 18.7 Å². The Kier molecular flexibility index (Phi) is 3.93. The maximum Gasteiger partial charge on any atom is 0.322 e. The Labute approximate surface area is 104 Å². The van der Waals surface area contributed by atoms with Crippen LogP contribution in [0.3, 0.4) is 0 Å². The molecule has 2 rings (SSSR count). The molecule has 0 amide bonds. The average Bonchev–Trinajstić information content (AvgIpc) is 2.32. The van der Waals surface area contributed by atoms with Gasteiger partial charge in [-0.05, 0) is 11.6 Å². The van der Waals surface area contributed by atoms with Crippen LogP contribution in [0.2, 0.25) is 5.15 Å². The van der Waals surface area contributed by atoms with E-state index in [2.05, 4.69) is 10.3 Å². The van der Waals surface area contributed by atoms with Crippen LogP contribution in [0, 0.1) is 0 Å². The third kappa shape index (κ3) is 3.15. The number of pyridine rings is 1. The van der Waals surface area contributed by atoms with Crippen LogP contribution in [0.5, 0.6) is 0 Å². The van der Waals surface area contributed by atoms with Crippen LogP contribution in [0.4, 0.5) is 0 Å². The van der Waals surface area contributed by atoms with E-state index in [0.29, 0.717) is 18.2 Å². The van der Waals surface area contributed by atoms with E-state index in [9.17, 15) is 4.79 Å². The van der Waals surface area contributed by atoms with Crippen LogP contribution in [0.15, 0.2) is 18.3 Å². The fraction of sp³-hybridized carbons (Fsp3) is 0.455. The summed E-state index contributed by atoms with van der Waals surface area (Å²) in [6.45, 7) is 2.60. The van der Waals surface area contributed by atoms with Crippen molar-refractivity contribution in [1.82, 2.24) is 15.2 Å². The summed E-state index contributed by atoms with van der Waals surface area (Å²) in [5.41, 5.74) is 0.975. The Hall–Kier alpha value is -1.17. The van der Waals surface area contributed by atoms with E-state index >= 15 is 0 Å². The second kappa shape index (κ2) is 5.44. The van der Waals surface area contributed by atoms with Crippen LogP contribution in [-0.4, -0.2) is 46.6 Å². The number of aliphatic carboxylic acids is 1. The highest BCUT2D eigenvalue weighted by molar-refractivity contribution is 6.29. The Bertz CT molecular complexity index is 396. The Morgan fingerprint density at radius 1 is 1.65 bits per heavy atom. The number of nitrogens with one attached hydrogen (secondary N) is 1. The summed E-state index contributed by atoms with van der Waals surface area (Å²) >= 11 is 5.70. The van der Waals surface area contributed by atoms with Crippen molar-refractivity contribution in [2.75, 3.05) is 19.6 Å². The number of hydrogen-bond donors (Lipinski definition) is 2. The summed E-state index contributed by atoms with van der Waals surface area (Å²) in [6, 6.07) is 3.12. The normalized spacial score (nSPS) is 21.4. The van der Waals surface area contributed by atoms with Crippen LogP contribution in [-0.2, 0) is 11.3 Å². The van der Waals surface area contributed by atoms with Crippen LogP contribution in [0.1, 0.15) is 5.56 Å². The molecule has 92 valence electrons. The number of halogens is 1. The molecule has 0 aliphatic carbocycles. The Morgan fingerprint density at radius 2 is 2.47 bits per heavy atom. The van der Waals surface area contributed by atoms with Gasteiger partial charge in [0, 0.05) is 32.4 Å². The molecule has 1 aliphatic rings.